The van der Waals surface area contributed by atoms with Crippen molar-refractivity contribution in [2.24, 2.45) is 0 Å². The molecule has 0 aliphatic carbocycles. The summed E-state index contributed by atoms with van der Waals surface area (Å²) < 4.78 is 5.40. The maximum absolute atomic E-state index is 10.4. The summed E-state index contributed by atoms with van der Waals surface area (Å²) >= 11 is 0. The van der Waals surface area contributed by atoms with Crippen LogP contribution in [0.25, 0.3) is 0 Å². The molecular weight excluding hydrogens is 304 g/mol. The summed E-state index contributed by atoms with van der Waals surface area (Å²) in [6.45, 7) is 5.94. The Morgan fingerprint density at radius 1 is 1.12 bits per heavy atom. The van der Waals surface area contributed by atoms with E-state index in [0.29, 0.717) is 6.42 Å². The van der Waals surface area contributed by atoms with Crippen LogP contribution in [-0.2, 0) is 11.3 Å². The summed E-state index contributed by atoms with van der Waals surface area (Å²) in [5.41, 5.74) is 2.21. The Kier molecular flexibility index (Phi) is 6.24. The highest BCUT2D eigenvalue weighted by Crippen LogP contribution is 2.20. The third-order valence-corrected chi connectivity index (χ3v) is 4.68. The van der Waals surface area contributed by atoms with E-state index in [9.17, 15) is 5.11 Å². The van der Waals surface area contributed by atoms with Crippen LogP contribution in [0.5, 0.6) is 0 Å². The van der Waals surface area contributed by atoms with E-state index in [1.807, 2.05) is 12.1 Å². The third kappa shape index (κ3) is 4.56. The molecule has 0 amide bonds. The molecule has 1 aromatic rings. The molecule has 0 bridgehead atoms. The molecule has 0 saturated carbocycles. The molecule has 2 heterocycles. The van der Waals surface area contributed by atoms with Crippen LogP contribution in [-0.4, -0.2) is 78.2 Å². The lowest BCUT2D eigenvalue weighted by atomic mass is 10.1. The van der Waals surface area contributed by atoms with Gasteiger partial charge in [0.2, 0.25) is 0 Å². The first kappa shape index (κ1) is 17.4. The zero-order chi connectivity index (χ0) is 16.8. The topological polar surface area (TPSA) is 56.2 Å². The zero-order valence-electron chi connectivity index (χ0n) is 14.0. The minimum Gasteiger partial charge on any atom is -0.395 e. The number of hydrogen-bond donors (Lipinski definition) is 2. The maximum Gasteiger partial charge on any atom is 0.0834 e. The van der Waals surface area contributed by atoms with Crippen molar-refractivity contribution in [3.63, 3.8) is 0 Å². The molecule has 0 unspecified atom stereocenters. The van der Waals surface area contributed by atoms with E-state index in [-0.39, 0.29) is 18.8 Å². The van der Waals surface area contributed by atoms with Crippen molar-refractivity contribution in [2.75, 3.05) is 46.0 Å². The first-order valence-electron chi connectivity index (χ1n) is 8.67. The van der Waals surface area contributed by atoms with Gasteiger partial charge in [-0.3, -0.25) is 9.80 Å². The van der Waals surface area contributed by atoms with Crippen LogP contribution in [0.2, 0.25) is 0 Å². The molecule has 5 nitrogen and oxygen atoms in total. The quantitative estimate of drug-likeness (QED) is 0.778. The summed E-state index contributed by atoms with van der Waals surface area (Å²) in [6.07, 6.45) is 0.225. The van der Waals surface area contributed by atoms with Gasteiger partial charge in [0, 0.05) is 50.7 Å². The number of rotatable bonds is 4. The molecule has 5 heteroatoms. The summed E-state index contributed by atoms with van der Waals surface area (Å²) in [6, 6.07) is 8.45. The molecule has 2 aliphatic heterocycles. The number of likely N-dealkylation sites (tertiary alicyclic amines) is 1. The SMILES string of the molecule is OCCC#Cc1ccc(CN2C[C@@H](O)[C@H](N3CCOCC3)C2)cc1. The van der Waals surface area contributed by atoms with Crippen molar-refractivity contribution in [1.82, 2.24) is 9.80 Å². The van der Waals surface area contributed by atoms with E-state index >= 15 is 0 Å². The smallest absolute Gasteiger partial charge is 0.0834 e. The van der Waals surface area contributed by atoms with Crippen molar-refractivity contribution in [3.05, 3.63) is 35.4 Å². The minimum atomic E-state index is -0.285. The number of aliphatic hydroxyl groups excluding tert-OH is 2. The van der Waals surface area contributed by atoms with Gasteiger partial charge in [0.15, 0.2) is 0 Å². The van der Waals surface area contributed by atoms with E-state index in [4.69, 9.17) is 9.84 Å². The number of ether oxygens (including phenoxy) is 1. The molecule has 2 N–H and O–H groups in total. The lowest BCUT2D eigenvalue weighted by Crippen LogP contribution is -2.48. The standard InChI is InChI=1S/C19H26N2O3/c22-10-2-1-3-16-4-6-17(7-5-16)13-20-14-18(19(23)15-20)21-8-11-24-12-9-21/h4-7,18-19,22-23H,2,8-15H2/t18-,19-/m1/s1. The minimum absolute atomic E-state index is 0.104. The molecule has 3 rings (SSSR count). The number of β-amino-alcohol motifs (C(OH)–C–C–N with tert-alkyl or cyclic N) is 1. The molecule has 0 radical (unpaired) electrons. The molecule has 2 saturated heterocycles. The Labute approximate surface area is 143 Å². The summed E-state index contributed by atoms with van der Waals surface area (Å²) in [7, 11) is 0. The van der Waals surface area contributed by atoms with Gasteiger partial charge in [0.1, 0.15) is 0 Å². The van der Waals surface area contributed by atoms with E-state index in [1.165, 1.54) is 5.56 Å². The monoisotopic (exact) mass is 330 g/mol. The molecular formula is C19H26N2O3. The molecule has 130 valence electrons. The predicted molar refractivity (Wildman–Crippen MR) is 92.5 cm³/mol. The second-order valence-corrected chi connectivity index (χ2v) is 6.45. The van der Waals surface area contributed by atoms with Crippen LogP contribution < -0.4 is 0 Å². The molecule has 2 fully saturated rings. The van der Waals surface area contributed by atoms with Crippen molar-refractivity contribution in [2.45, 2.75) is 25.1 Å². The number of hydrogen-bond acceptors (Lipinski definition) is 5. The van der Waals surface area contributed by atoms with Crippen LogP contribution in [0.4, 0.5) is 0 Å². The molecule has 24 heavy (non-hydrogen) atoms. The van der Waals surface area contributed by atoms with Gasteiger partial charge in [-0.15, -0.1) is 0 Å². The van der Waals surface area contributed by atoms with Gasteiger partial charge in [-0.05, 0) is 17.7 Å². The maximum atomic E-state index is 10.4. The third-order valence-electron chi connectivity index (χ3n) is 4.68. The number of benzene rings is 1. The van der Waals surface area contributed by atoms with Crippen LogP contribution >= 0.6 is 0 Å². The predicted octanol–water partition coefficient (Wildman–Crippen LogP) is 0.298. The molecule has 0 spiro atoms. The van der Waals surface area contributed by atoms with Crippen molar-refractivity contribution < 1.29 is 14.9 Å². The Morgan fingerprint density at radius 2 is 1.88 bits per heavy atom. The molecule has 2 atom stereocenters. The van der Waals surface area contributed by atoms with Crippen molar-refractivity contribution in [1.29, 1.82) is 0 Å². The fourth-order valence-corrected chi connectivity index (χ4v) is 3.42. The number of morpholine rings is 1. The molecule has 1 aromatic carbocycles. The van der Waals surface area contributed by atoms with E-state index in [2.05, 4.69) is 33.8 Å². The Balaban J connectivity index is 1.54. The summed E-state index contributed by atoms with van der Waals surface area (Å²) in [5.74, 6) is 5.97. The zero-order valence-corrected chi connectivity index (χ0v) is 14.0. The Bertz CT molecular complexity index is 573. The van der Waals surface area contributed by atoms with Gasteiger partial charge in [0.05, 0.1) is 25.9 Å². The molecule has 0 aromatic heterocycles. The summed E-state index contributed by atoms with van der Waals surface area (Å²) in [4.78, 5) is 4.67. The highest BCUT2D eigenvalue weighted by molar-refractivity contribution is 5.36. The first-order chi connectivity index (χ1) is 11.8. The van der Waals surface area contributed by atoms with Gasteiger partial charge in [0.25, 0.3) is 0 Å². The van der Waals surface area contributed by atoms with Crippen molar-refractivity contribution in [3.8, 4) is 11.8 Å². The van der Waals surface area contributed by atoms with Gasteiger partial charge in [-0.1, -0.05) is 24.0 Å². The second kappa shape index (κ2) is 8.61. The first-order valence-corrected chi connectivity index (χ1v) is 8.67. The number of aliphatic hydroxyl groups is 2. The van der Waals surface area contributed by atoms with Crippen LogP contribution in [0.15, 0.2) is 24.3 Å². The highest BCUT2D eigenvalue weighted by Gasteiger charge is 2.35. The molecule has 2 aliphatic rings. The van der Waals surface area contributed by atoms with Crippen molar-refractivity contribution >= 4 is 0 Å². The van der Waals surface area contributed by atoms with Gasteiger partial charge in [-0.2, -0.15) is 0 Å². The Hall–Kier alpha value is -1.42. The van der Waals surface area contributed by atoms with E-state index in [0.717, 1.165) is 51.5 Å². The van der Waals surface area contributed by atoms with Crippen LogP contribution in [0.1, 0.15) is 17.5 Å². The lowest BCUT2D eigenvalue weighted by Gasteiger charge is -2.33. The fraction of sp³-hybridized carbons (Fsp3) is 0.579. The van der Waals surface area contributed by atoms with Gasteiger partial charge < -0.3 is 14.9 Å². The average molecular weight is 330 g/mol. The number of nitrogens with zero attached hydrogens (tertiary/aromatic N) is 2. The highest BCUT2D eigenvalue weighted by atomic mass is 16.5. The van der Waals surface area contributed by atoms with E-state index in [1.54, 1.807) is 0 Å². The second-order valence-electron chi connectivity index (χ2n) is 6.45. The normalized spacial score (nSPS) is 25.4. The van der Waals surface area contributed by atoms with Gasteiger partial charge in [-0.25, -0.2) is 0 Å². The van der Waals surface area contributed by atoms with Crippen LogP contribution in [0.3, 0.4) is 0 Å². The Morgan fingerprint density at radius 3 is 2.58 bits per heavy atom. The van der Waals surface area contributed by atoms with E-state index < -0.39 is 0 Å². The lowest BCUT2D eigenvalue weighted by molar-refractivity contribution is -0.00618. The largest absolute Gasteiger partial charge is 0.395 e. The fourth-order valence-electron chi connectivity index (χ4n) is 3.42. The van der Waals surface area contributed by atoms with Gasteiger partial charge >= 0.3 is 0 Å². The average Bonchev–Trinajstić information content (AvgIpc) is 2.98. The van der Waals surface area contributed by atoms with Crippen LogP contribution in [0, 0.1) is 11.8 Å². The summed E-state index contributed by atoms with van der Waals surface area (Å²) in [5, 5.41) is 19.1.